The zero-order valence-corrected chi connectivity index (χ0v) is 21.7. The Morgan fingerprint density at radius 2 is 1.89 bits per heavy atom. The third-order valence-corrected chi connectivity index (χ3v) is 6.11. The van der Waals surface area contributed by atoms with Crippen LogP contribution in [-0.4, -0.2) is 40.4 Å². The maximum atomic E-state index is 13.0. The number of imide groups is 2. The molecule has 11 heteroatoms. The molecule has 2 N–H and O–H groups in total. The summed E-state index contributed by atoms with van der Waals surface area (Å²) in [6.07, 6.45) is 2.81. The van der Waals surface area contributed by atoms with Crippen LogP contribution in [0.25, 0.3) is 6.08 Å². The van der Waals surface area contributed by atoms with Crippen LogP contribution >= 0.6 is 22.6 Å². The van der Waals surface area contributed by atoms with Gasteiger partial charge in [0.1, 0.15) is 17.9 Å². The smallest absolute Gasteiger partial charge is 0.335 e. The predicted molar refractivity (Wildman–Crippen MR) is 139 cm³/mol. The quantitative estimate of drug-likeness (QED) is 0.207. The van der Waals surface area contributed by atoms with Crippen LogP contribution in [0.2, 0.25) is 0 Å². The Morgan fingerprint density at radius 3 is 2.54 bits per heavy atom. The Hall–Kier alpha value is -4.13. The molecular formula is C26H21IN2O8. The van der Waals surface area contributed by atoms with Gasteiger partial charge < -0.3 is 19.0 Å². The van der Waals surface area contributed by atoms with E-state index >= 15 is 0 Å². The van der Waals surface area contributed by atoms with Gasteiger partial charge in [-0.05, 0) is 83.1 Å². The van der Waals surface area contributed by atoms with Gasteiger partial charge in [-0.15, -0.1) is 0 Å². The molecule has 0 atom stereocenters. The van der Waals surface area contributed by atoms with Crippen LogP contribution in [0.4, 0.5) is 4.79 Å². The normalized spacial score (nSPS) is 14.6. The van der Waals surface area contributed by atoms with Gasteiger partial charge in [0.15, 0.2) is 11.5 Å². The van der Waals surface area contributed by atoms with Gasteiger partial charge in [0, 0.05) is 0 Å². The Bertz CT molecular complexity index is 1380. The maximum Gasteiger partial charge on any atom is 0.335 e. The van der Waals surface area contributed by atoms with Crippen molar-refractivity contribution in [3.05, 3.63) is 86.4 Å². The van der Waals surface area contributed by atoms with E-state index in [1.165, 1.54) is 24.5 Å². The summed E-state index contributed by atoms with van der Waals surface area (Å²) in [5, 5.41) is 11.2. The van der Waals surface area contributed by atoms with Crippen LogP contribution in [0.3, 0.4) is 0 Å². The minimum atomic E-state index is -1.01. The van der Waals surface area contributed by atoms with Crippen LogP contribution in [0, 0.1) is 3.57 Å². The Balaban J connectivity index is 1.59. The Kier molecular flexibility index (Phi) is 7.92. The summed E-state index contributed by atoms with van der Waals surface area (Å²) in [6, 6.07) is 12.1. The van der Waals surface area contributed by atoms with E-state index < -0.39 is 23.8 Å². The lowest BCUT2D eigenvalue weighted by Crippen LogP contribution is -2.53. The van der Waals surface area contributed by atoms with Crippen LogP contribution in [0.5, 0.6) is 11.5 Å². The van der Waals surface area contributed by atoms with Gasteiger partial charge in [-0.1, -0.05) is 12.1 Å². The molecule has 2 aromatic carbocycles. The molecular weight excluding hydrogens is 595 g/mol. The molecule has 1 fully saturated rings. The minimum Gasteiger partial charge on any atom is -0.490 e. The molecule has 0 radical (unpaired) electrons. The molecule has 4 amide bonds. The number of benzene rings is 2. The topological polar surface area (TPSA) is 135 Å². The number of halogens is 1. The van der Waals surface area contributed by atoms with Gasteiger partial charge in [-0.3, -0.25) is 19.8 Å². The lowest BCUT2D eigenvalue weighted by atomic mass is 10.1. The molecule has 37 heavy (non-hydrogen) atoms. The van der Waals surface area contributed by atoms with E-state index in [9.17, 15) is 19.2 Å². The number of carboxylic acids is 1. The second-order valence-corrected chi connectivity index (χ2v) is 9.00. The molecule has 0 unspecified atom stereocenters. The number of rotatable bonds is 9. The van der Waals surface area contributed by atoms with Crippen molar-refractivity contribution in [3.8, 4) is 11.5 Å². The number of hydrogen-bond donors (Lipinski definition) is 2. The van der Waals surface area contributed by atoms with E-state index in [4.69, 9.17) is 19.0 Å². The van der Waals surface area contributed by atoms with E-state index in [0.29, 0.717) is 33.0 Å². The summed E-state index contributed by atoms with van der Waals surface area (Å²) < 4.78 is 17.6. The summed E-state index contributed by atoms with van der Waals surface area (Å²) in [5.41, 5.74) is 1.23. The summed E-state index contributed by atoms with van der Waals surface area (Å²) >= 11 is 2.06. The number of urea groups is 1. The summed E-state index contributed by atoms with van der Waals surface area (Å²) in [7, 11) is 0. The SMILES string of the molecule is CCOc1cc(/C=C2\C(=O)NC(=O)N(Cc3ccco3)C2=O)cc(I)c1OCc1ccc(C(=O)O)cc1. The summed E-state index contributed by atoms with van der Waals surface area (Å²) in [5.74, 6) is -1.31. The minimum absolute atomic E-state index is 0.121. The fraction of sp³-hybridized carbons (Fsp3) is 0.154. The van der Waals surface area contributed by atoms with E-state index in [0.717, 1.165) is 10.5 Å². The molecule has 2 heterocycles. The van der Waals surface area contributed by atoms with E-state index in [2.05, 4.69) is 27.9 Å². The number of ether oxygens (including phenoxy) is 2. The Morgan fingerprint density at radius 1 is 1.14 bits per heavy atom. The van der Waals surface area contributed by atoms with Gasteiger partial charge in [0.25, 0.3) is 11.8 Å². The summed E-state index contributed by atoms with van der Waals surface area (Å²) in [6.45, 7) is 2.19. The van der Waals surface area contributed by atoms with Crippen molar-refractivity contribution >= 4 is 52.5 Å². The number of hydrogen-bond acceptors (Lipinski definition) is 7. The molecule has 1 aliphatic rings. The van der Waals surface area contributed by atoms with Crippen molar-refractivity contribution < 1.29 is 38.2 Å². The first kappa shape index (κ1) is 25.9. The monoisotopic (exact) mass is 616 g/mol. The Labute approximate surface area is 225 Å². The number of carbonyl (C=O) groups excluding carboxylic acids is 3. The van der Waals surface area contributed by atoms with Crippen molar-refractivity contribution in [1.29, 1.82) is 0 Å². The molecule has 10 nitrogen and oxygen atoms in total. The van der Waals surface area contributed by atoms with E-state index in [1.807, 2.05) is 6.92 Å². The zero-order valence-electron chi connectivity index (χ0n) is 19.5. The molecule has 3 aromatic rings. The number of barbiturate groups is 1. The average Bonchev–Trinajstić information content (AvgIpc) is 3.38. The number of furan rings is 1. The predicted octanol–water partition coefficient (Wildman–Crippen LogP) is 4.22. The molecule has 0 bridgehead atoms. The highest BCUT2D eigenvalue weighted by atomic mass is 127. The highest BCUT2D eigenvalue weighted by molar-refractivity contribution is 14.1. The highest BCUT2D eigenvalue weighted by Crippen LogP contribution is 2.36. The number of carbonyl (C=O) groups is 4. The van der Waals surface area contributed by atoms with Crippen molar-refractivity contribution in [3.63, 3.8) is 0 Å². The maximum absolute atomic E-state index is 13.0. The largest absolute Gasteiger partial charge is 0.490 e. The van der Waals surface area contributed by atoms with Crippen molar-refractivity contribution in [2.45, 2.75) is 20.1 Å². The van der Waals surface area contributed by atoms with Gasteiger partial charge in [-0.2, -0.15) is 0 Å². The van der Waals surface area contributed by atoms with Crippen LogP contribution < -0.4 is 14.8 Å². The molecule has 0 aliphatic carbocycles. The van der Waals surface area contributed by atoms with Gasteiger partial charge in [0.2, 0.25) is 0 Å². The first-order chi connectivity index (χ1) is 17.8. The molecule has 0 spiro atoms. The molecule has 190 valence electrons. The lowest BCUT2D eigenvalue weighted by Gasteiger charge is -2.25. The third kappa shape index (κ3) is 6.00. The van der Waals surface area contributed by atoms with Crippen molar-refractivity contribution in [2.75, 3.05) is 6.61 Å². The molecule has 4 rings (SSSR count). The number of carboxylic acid groups (broad SMARTS) is 1. The molecule has 1 aromatic heterocycles. The zero-order chi connectivity index (χ0) is 26.5. The van der Waals surface area contributed by atoms with E-state index in [1.54, 1.807) is 36.4 Å². The van der Waals surface area contributed by atoms with E-state index in [-0.39, 0.29) is 24.3 Å². The van der Waals surface area contributed by atoms with Crippen molar-refractivity contribution in [1.82, 2.24) is 10.2 Å². The molecule has 1 aliphatic heterocycles. The average molecular weight is 616 g/mol. The fourth-order valence-corrected chi connectivity index (χ4v) is 4.32. The fourth-order valence-electron chi connectivity index (χ4n) is 3.54. The highest BCUT2D eigenvalue weighted by Gasteiger charge is 2.36. The third-order valence-electron chi connectivity index (χ3n) is 5.31. The number of aromatic carboxylic acids is 1. The van der Waals surface area contributed by atoms with Gasteiger partial charge in [-0.25, -0.2) is 9.59 Å². The second kappa shape index (κ2) is 11.3. The second-order valence-electron chi connectivity index (χ2n) is 7.84. The molecule has 0 saturated carbocycles. The standard InChI is InChI=1S/C26H21IN2O8/c1-2-35-21-12-16(11-20(27)22(21)37-14-15-5-7-17(8-6-15)25(32)33)10-19-23(30)28-26(34)29(24(19)31)13-18-4-3-9-36-18/h3-12H,2,13-14H2,1H3,(H,32,33)(H,28,30,34)/b19-10+. The first-order valence-electron chi connectivity index (χ1n) is 11.1. The number of nitrogens with one attached hydrogen (secondary N) is 1. The van der Waals surface area contributed by atoms with Gasteiger partial charge >= 0.3 is 12.0 Å². The van der Waals surface area contributed by atoms with Crippen molar-refractivity contribution in [2.24, 2.45) is 0 Å². The summed E-state index contributed by atoms with van der Waals surface area (Å²) in [4.78, 5) is 49.7. The first-order valence-corrected chi connectivity index (χ1v) is 12.2. The number of nitrogens with zero attached hydrogens (tertiary/aromatic N) is 1. The number of amides is 4. The van der Waals surface area contributed by atoms with Gasteiger partial charge in [0.05, 0.1) is 28.5 Å². The van der Waals surface area contributed by atoms with Crippen LogP contribution in [0.15, 0.2) is 64.8 Å². The lowest BCUT2D eigenvalue weighted by molar-refractivity contribution is -0.130. The molecule has 1 saturated heterocycles. The van der Waals surface area contributed by atoms with Crippen LogP contribution in [0.1, 0.15) is 34.2 Å². The van der Waals surface area contributed by atoms with Crippen LogP contribution in [-0.2, 0) is 22.7 Å².